The average molecular weight is 234 g/mol. The molecule has 0 amide bonds. The lowest BCUT2D eigenvalue weighted by atomic mass is 10.1. The SMILES string of the molecule is CCS(=N)(=O)c1cc(C)c2ccccc2n1. The highest BCUT2D eigenvalue weighted by Crippen LogP contribution is 2.20. The number of aryl methyl sites for hydroxylation is 1. The second kappa shape index (κ2) is 3.87. The molecule has 2 rings (SSSR count). The number of nitrogens with one attached hydrogen (secondary N) is 1. The van der Waals surface area contributed by atoms with Crippen LogP contribution in [-0.2, 0) is 9.73 Å². The van der Waals surface area contributed by atoms with Crippen molar-refractivity contribution < 1.29 is 4.21 Å². The molecule has 1 N–H and O–H groups in total. The van der Waals surface area contributed by atoms with Crippen LogP contribution in [0.2, 0.25) is 0 Å². The summed E-state index contributed by atoms with van der Waals surface area (Å²) in [5, 5.41) is 1.45. The molecule has 1 aromatic heterocycles. The highest BCUT2D eigenvalue weighted by atomic mass is 32.2. The normalized spacial score (nSPS) is 14.9. The molecule has 0 aliphatic carbocycles. The minimum atomic E-state index is -2.72. The highest BCUT2D eigenvalue weighted by molar-refractivity contribution is 7.92. The zero-order chi connectivity index (χ0) is 11.8. The molecular formula is C12H14N2OS. The van der Waals surface area contributed by atoms with Crippen LogP contribution in [0, 0.1) is 11.7 Å². The molecule has 1 heterocycles. The fraction of sp³-hybridized carbons (Fsp3) is 0.250. The third kappa shape index (κ3) is 1.80. The van der Waals surface area contributed by atoms with Crippen LogP contribution in [0.25, 0.3) is 10.9 Å². The second-order valence-corrected chi connectivity index (χ2v) is 6.10. The number of hydrogen-bond donors (Lipinski definition) is 1. The molecule has 0 radical (unpaired) electrons. The van der Waals surface area contributed by atoms with Crippen molar-refractivity contribution in [3.05, 3.63) is 35.9 Å². The fourth-order valence-corrected chi connectivity index (χ4v) is 2.54. The molecule has 1 aromatic carbocycles. The summed E-state index contributed by atoms with van der Waals surface area (Å²) in [5.74, 6) is 0.303. The van der Waals surface area contributed by atoms with Gasteiger partial charge in [-0.2, -0.15) is 0 Å². The molecule has 16 heavy (non-hydrogen) atoms. The average Bonchev–Trinajstić information content (AvgIpc) is 2.29. The number of pyridine rings is 1. The molecule has 2 aromatic rings. The van der Waals surface area contributed by atoms with E-state index in [0.717, 1.165) is 16.5 Å². The van der Waals surface area contributed by atoms with Crippen molar-refractivity contribution in [2.75, 3.05) is 5.75 Å². The molecule has 4 heteroatoms. The molecule has 1 unspecified atom stereocenters. The van der Waals surface area contributed by atoms with Gasteiger partial charge in [0.15, 0.2) is 0 Å². The Morgan fingerprint density at radius 2 is 2.06 bits per heavy atom. The number of aromatic nitrogens is 1. The van der Waals surface area contributed by atoms with Crippen LogP contribution in [0.1, 0.15) is 12.5 Å². The first-order chi connectivity index (χ1) is 7.54. The van der Waals surface area contributed by atoms with Crippen molar-refractivity contribution in [3.8, 4) is 0 Å². The number of nitrogens with zero attached hydrogens (tertiary/aromatic N) is 1. The zero-order valence-electron chi connectivity index (χ0n) is 9.36. The van der Waals surface area contributed by atoms with Crippen LogP contribution in [0.4, 0.5) is 0 Å². The predicted octanol–water partition coefficient (Wildman–Crippen LogP) is 2.97. The van der Waals surface area contributed by atoms with Crippen molar-refractivity contribution >= 4 is 20.6 Å². The van der Waals surface area contributed by atoms with E-state index in [1.807, 2.05) is 31.2 Å². The molecule has 0 aliphatic rings. The smallest absolute Gasteiger partial charge is 0.136 e. The van der Waals surface area contributed by atoms with Gasteiger partial charge in [0.05, 0.1) is 15.2 Å². The van der Waals surface area contributed by atoms with Crippen molar-refractivity contribution in [1.82, 2.24) is 4.98 Å². The van der Waals surface area contributed by atoms with Crippen molar-refractivity contribution in [1.29, 1.82) is 4.78 Å². The minimum absolute atomic E-state index is 0.303. The van der Waals surface area contributed by atoms with Gasteiger partial charge in [0.1, 0.15) is 5.03 Å². The molecule has 0 spiro atoms. The maximum absolute atomic E-state index is 12.0. The Kier molecular flexibility index (Phi) is 2.68. The van der Waals surface area contributed by atoms with E-state index in [2.05, 4.69) is 4.98 Å². The first-order valence-corrected chi connectivity index (χ1v) is 6.90. The number of fused-ring (bicyclic) bond motifs is 1. The van der Waals surface area contributed by atoms with E-state index in [1.165, 1.54) is 0 Å². The molecule has 0 saturated carbocycles. The molecular weight excluding hydrogens is 220 g/mol. The summed E-state index contributed by atoms with van der Waals surface area (Å²) in [7, 11) is -2.72. The molecule has 0 bridgehead atoms. The summed E-state index contributed by atoms with van der Waals surface area (Å²) in [6.07, 6.45) is 0. The number of para-hydroxylation sites is 1. The predicted molar refractivity (Wildman–Crippen MR) is 66.1 cm³/mol. The first kappa shape index (κ1) is 11.1. The fourth-order valence-electron chi connectivity index (χ4n) is 1.64. The van der Waals surface area contributed by atoms with E-state index in [0.29, 0.717) is 10.8 Å². The summed E-state index contributed by atoms with van der Waals surface area (Å²) in [5.41, 5.74) is 1.83. The van der Waals surface area contributed by atoms with Gasteiger partial charge < -0.3 is 0 Å². The number of rotatable bonds is 2. The van der Waals surface area contributed by atoms with Gasteiger partial charge in [0.2, 0.25) is 0 Å². The van der Waals surface area contributed by atoms with Crippen molar-refractivity contribution in [2.24, 2.45) is 0 Å². The Labute approximate surface area is 95.5 Å². The summed E-state index contributed by atoms with van der Waals surface area (Å²) < 4.78 is 19.7. The van der Waals surface area contributed by atoms with Gasteiger partial charge in [-0.25, -0.2) is 14.0 Å². The van der Waals surface area contributed by atoms with Crippen LogP contribution in [0.3, 0.4) is 0 Å². The summed E-state index contributed by atoms with van der Waals surface area (Å²) in [6, 6.07) is 9.49. The largest absolute Gasteiger partial charge is 0.248 e. The third-order valence-corrected chi connectivity index (χ3v) is 4.34. The van der Waals surface area contributed by atoms with E-state index in [9.17, 15) is 4.21 Å². The Morgan fingerprint density at radius 3 is 2.75 bits per heavy atom. The van der Waals surface area contributed by atoms with Gasteiger partial charge in [-0.05, 0) is 24.6 Å². The molecule has 0 saturated heterocycles. The zero-order valence-corrected chi connectivity index (χ0v) is 10.2. The van der Waals surface area contributed by atoms with Crippen LogP contribution < -0.4 is 0 Å². The monoisotopic (exact) mass is 234 g/mol. The van der Waals surface area contributed by atoms with Gasteiger partial charge >= 0.3 is 0 Å². The van der Waals surface area contributed by atoms with Gasteiger partial charge in [-0.1, -0.05) is 25.1 Å². The summed E-state index contributed by atoms with van der Waals surface area (Å²) in [4.78, 5) is 4.32. The summed E-state index contributed by atoms with van der Waals surface area (Å²) >= 11 is 0. The van der Waals surface area contributed by atoms with Crippen LogP contribution in [0.15, 0.2) is 35.4 Å². The van der Waals surface area contributed by atoms with Gasteiger partial charge in [0.25, 0.3) is 0 Å². The topological polar surface area (TPSA) is 53.8 Å². The van der Waals surface area contributed by atoms with Crippen molar-refractivity contribution in [3.63, 3.8) is 0 Å². The minimum Gasteiger partial charge on any atom is -0.248 e. The third-order valence-electron chi connectivity index (χ3n) is 2.64. The van der Waals surface area contributed by atoms with E-state index in [-0.39, 0.29) is 0 Å². The lowest BCUT2D eigenvalue weighted by Gasteiger charge is -2.07. The van der Waals surface area contributed by atoms with E-state index in [4.69, 9.17) is 4.78 Å². The standard InChI is InChI=1S/C12H14N2OS/c1-3-16(13,15)12-8-9(2)10-6-4-5-7-11(10)14-12/h4-8,13H,3H2,1-2H3. The maximum atomic E-state index is 12.0. The maximum Gasteiger partial charge on any atom is 0.136 e. The Morgan fingerprint density at radius 1 is 1.38 bits per heavy atom. The second-order valence-electron chi connectivity index (χ2n) is 3.76. The van der Waals surface area contributed by atoms with E-state index < -0.39 is 9.73 Å². The molecule has 0 fully saturated rings. The molecule has 3 nitrogen and oxygen atoms in total. The molecule has 1 atom stereocenters. The van der Waals surface area contributed by atoms with Crippen LogP contribution in [0.5, 0.6) is 0 Å². The molecule has 0 aliphatic heterocycles. The lowest BCUT2D eigenvalue weighted by Crippen LogP contribution is -2.05. The number of hydrogen-bond acceptors (Lipinski definition) is 3. The Bertz CT molecular complexity index is 633. The quantitative estimate of drug-likeness (QED) is 0.868. The van der Waals surface area contributed by atoms with E-state index >= 15 is 0 Å². The number of benzene rings is 1. The van der Waals surface area contributed by atoms with Gasteiger partial charge in [-0.3, -0.25) is 0 Å². The van der Waals surface area contributed by atoms with Crippen LogP contribution >= 0.6 is 0 Å². The lowest BCUT2D eigenvalue weighted by molar-refractivity contribution is 0.672. The van der Waals surface area contributed by atoms with Gasteiger partial charge in [0, 0.05) is 11.1 Å². The highest BCUT2D eigenvalue weighted by Gasteiger charge is 2.11. The molecule has 84 valence electrons. The van der Waals surface area contributed by atoms with Gasteiger partial charge in [-0.15, -0.1) is 0 Å². The Balaban J connectivity index is 2.77. The Hall–Kier alpha value is -1.42. The van der Waals surface area contributed by atoms with Crippen LogP contribution in [-0.4, -0.2) is 14.9 Å². The first-order valence-electron chi connectivity index (χ1n) is 5.17. The van der Waals surface area contributed by atoms with Crippen molar-refractivity contribution in [2.45, 2.75) is 18.9 Å². The van der Waals surface area contributed by atoms with E-state index in [1.54, 1.807) is 13.0 Å². The summed E-state index contributed by atoms with van der Waals surface area (Å²) in [6.45, 7) is 3.71.